The van der Waals surface area contributed by atoms with Gasteiger partial charge in [0, 0.05) is 17.5 Å². The molecule has 0 amide bonds. The van der Waals surface area contributed by atoms with Crippen LogP contribution in [-0.4, -0.2) is 28.9 Å². The first kappa shape index (κ1) is 15.2. The summed E-state index contributed by atoms with van der Waals surface area (Å²) >= 11 is 0. The van der Waals surface area contributed by atoms with Crippen molar-refractivity contribution in [2.75, 3.05) is 26.2 Å². The highest BCUT2D eigenvalue weighted by Crippen LogP contribution is 2.35. The lowest BCUT2D eigenvalue weighted by atomic mass is 10.0. The first-order valence-electron chi connectivity index (χ1n) is 6.19. The molecule has 6 heteroatoms. The molecular formula is C15H17NO4S. The van der Waals surface area contributed by atoms with Gasteiger partial charge in [0.05, 0.1) is 19.1 Å². The van der Waals surface area contributed by atoms with Crippen LogP contribution < -0.4 is 15.2 Å². The Morgan fingerprint density at radius 1 is 0.952 bits per heavy atom. The Morgan fingerprint density at radius 3 is 2.14 bits per heavy atom. The summed E-state index contributed by atoms with van der Waals surface area (Å²) < 4.78 is 33.5. The van der Waals surface area contributed by atoms with Gasteiger partial charge in [-0.2, -0.15) is 0 Å². The van der Waals surface area contributed by atoms with E-state index in [0.717, 1.165) is 17.4 Å². The van der Waals surface area contributed by atoms with E-state index < -0.39 is 9.84 Å². The Bertz CT molecular complexity index is 769. The van der Waals surface area contributed by atoms with Gasteiger partial charge >= 0.3 is 0 Å². The summed E-state index contributed by atoms with van der Waals surface area (Å²) in [7, 11) is -0.157. The molecule has 0 aliphatic rings. The van der Waals surface area contributed by atoms with Crippen molar-refractivity contribution < 1.29 is 17.9 Å². The van der Waals surface area contributed by atoms with Crippen LogP contribution in [0.2, 0.25) is 0 Å². The van der Waals surface area contributed by atoms with Gasteiger partial charge in [-0.15, -0.1) is 0 Å². The molecule has 0 bridgehead atoms. The van der Waals surface area contributed by atoms with Gasteiger partial charge in [0.25, 0.3) is 0 Å². The van der Waals surface area contributed by atoms with Crippen molar-refractivity contribution >= 4 is 15.5 Å². The minimum Gasteiger partial charge on any atom is -0.493 e. The minimum atomic E-state index is -3.27. The number of anilines is 1. The van der Waals surface area contributed by atoms with E-state index in [1.54, 1.807) is 32.4 Å². The lowest BCUT2D eigenvalue weighted by Gasteiger charge is -2.12. The fourth-order valence-electron chi connectivity index (χ4n) is 2.04. The summed E-state index contributed by atoms with van der Waals surface area (Å²) in [5.74, 6) is 1.20. The number of rotatable bonds is 4. The Hall–Kier alpha value is -2.21. The third-order valence-electron chi connectivity index (χ3n) is 3.15. The van der Waals surface area contributed by atoms with E-state index in [1.807, 2.05) is 6.07 Å². The molecule has 0 unspecified atom stereocenters. The average molecular weight is 307 g/mol. The topological polar surface area (TPSA) is 78.6 Å². The smallest absolute Gasteiger partial charge is 0.175 e. The van der Waals surface area contributed by atoms with Crippen LogP contribution in [0.1, 0.15) is 0 Å². The van der Waals surface area contributed by atoms with Crippen LogP contribution in [0.3, 0.4) is 0 Å². The molecule has 0 aliphatic carbocycles. The fourth-order valence-corrected chi connectivity index (χ4v) is 2.69. The zero-order valence-electron chi connectivity index (χ0n) is 12.1. The molecule has 21 heavy (non-hydrogen) atoms. The molecule has 0 atom stereocenters. The summed E-state index contributed by atoms with van der Waals surface area (Å²) in [5.41, 5.74) is 7.93. The Morgan fingerprint density at radius 2 is 1.62 bits per heavy atom. The second-order valence-corrected chi connectivity index (χ2v) is 6.61. The van der Waals surface area contributed by atoms with Crippen LogP contribution in [0.15, 0.2) is 41.3 Å². The number of ether oxygens (including phenoxy) is 2. The maximum absolute atomic E-state index is 11.5. The maximum Gasteiger partial charge on any atom is 0.175 e. The SMILES string of the molecule is COc1ccc(-c2ccc(S(C)(=O)=O)cc2N)cc1OC. The van der Waals surface area contributed by atoms with Crippen molar-refractivity contribution in [3.05, 3.63) is 36.4 Å². The van der Waals surface area contributed by atoms with Gasteiger partial charge in [-0.25, -0.2) is 8.42 Å². The van der Waals surface area contributed by atoms with Crippen LogP contribution in [-0.2, 0) is 9.84 Å². The van der Waals surface area contributed by atoms with Crippen molar-refractivity contribution in [1.82, 2.24) is 0 Å². The molecule has 0 heterocycles. The third-order valence-corrected chi connectivity index (χ3v) is 4.26. The van der Waals surface area contributed by atoms with Gasteiger partial charge in [0.1, 0.15) is 0 Å². The Labute approximate surface area is 124 Å². The van der Waals surface area contributed by atoms with Gasteiger partial charge in [0.15, 0.2) is 21.3 Å². The number of methoxy groups -OCH3 is 2. The summed E-state index contributed by atoms with van der Waals surface area (Å²) in [6.07, 6.45) is 1.15. The average Bonchev–Trinajstić information content (AvgIpc) is 2.45. The standard InChI is InChI=1S/C15H17NO4S/c1-19-14-7-4-10(8-15(14)20-2)12-6-5-11(9-13(12)16)21(3,17)18/h4-9H,16H2,1-3H3. The molecule has 0 fully saturated rings. The Kier molecular flexibility index (Phi) is 4.09. The molecule has 2 aromatic rings. The molecular weight excluding hydrogens is 290 g/mol. The molecule has 0 spiro atoms. The van der Waals surface area contributed by atoms with E-state index in [-0.39, 0.29) is 4.90 Å². The number of hydrogen-bond donors (Lipinski definition) is 1. The lowest BCUT2D eigenvalue weighted by Crippen LogP contribution is -2.00. The highest BCUT2D eigenvalue weighted by atomic mass is 32.2. The number of hydrogen-bond acceptors (Lipinski definition) is 5. The van der Waals surface area contributed by atoms with Gasteiger partial charge < -0.3 is 15.2 Å². The molecule has 2 rings (SSSR count). The van der Waals surface area contributed by atoms with Crippen LogP contribution >= 0.6 is 0 Å². The van der Waals surface area contributed by atoms with E-state index in [0.29, 0.717) is 17.2 Å². The second kappa shape index (κ2) is 5.65. The molecule has 112 valence electrons. The first-order chi connectivity index (χ1) is 9.86. The minimum absolute atomic E-state index is 0.198. The van der Waals surface area contributed by atoms with Crippen LogP contribution in [0.25, 0.3) is 11.1 Å². The van der Waals surface area contributed by atoms with Gasteiger partial charge in [-0.3, -0.25) is 0 Å². The Balaban J connectivity index is 2.52. The summed E-state index contributed by atoms with van der Waals surface area (Å²) in [6, 6.07) is 10.1. The van der Waals surface area contributed by atoms with Gasteiger partial charge in [0.2, 0.25) is 0 Å². The van der Waals surface area contributed by atoms with Gasteiger partial charge in [-0.05, 0) is 29.8 Å². The molecule has 0 aromatic heterocycles. The van der Waals surface area contributed by atoms with Crippen molar-refractivity contribution in [3.8, 4) is 22.6 Å². The molecule has 0 aliphatic heterocycles. The van der Waals surface area contributed by atoms with Crippen molar-refractivity contribution in [3.63, 3.8) is 0 Å². The predicted octanol–water partition coefficient (Wildman–Crippen LogP) is 2.36. The largest absolute Gasteiger partial charge is 0.493 e. The highest BCUT2D eigenvalue weighted by Gasteiger charge is 2.12. The molecule has 2 N–H and O–H groups in total. The van der Waals surface area contributed by atoms with E-state index in [9.17, 15) is 8.42 Å². The normalized spacial score (nSPS) is 11.2. The zero-order valence-corrected chi connectivity index (χ0v) is 12.9. The van der Waals surface area contributed by atoms with Crippen LogP contribution in [0, 0.1) is 0 Å². The molecule has 5 nitrogen and oxygen atoms in total. The quantitative estimate of drug-likeness (QED) is 0.877. The van der Waals surface area contributed by atoms with Crippen LogP contribution in [0.5, 0.6) is 11.5 Å². The summed E-state index contributed by atoms with van der Waals surface area (Å²) in [4.78, 5) is 0.198. The van der Waals surface area contributed by atoms with Crippen LogP contribution in [0.4, 0.5) is 5.69 Å². The summed E-state index contributed by atoms with van der Waals surface area (Å²) in [5, 5.41) is 0. The number of sulfone groups is 1. The third kappa shape index (κ3) is 3.11. The van der Waals surface area contributed by atoms with Crippen molar-refractivity contribution in [2.45, 2.75) is 4.90 Å². The van der Waals surface area contributed by atoms with Gasteiger partial charge in [-0.1, -0.05) is 12.1 Å². The number of nitrogens with two attached hydrogens (primary N) is 1. The van der Waals surface area contributed by atoms with Crippen molar-refractivity contribution in [2.24, 2.45) is 0 Å². The number of benzene rings is 2. The highest BCUT2D eigenvalue weighted by molar-refractivity contribution is 7.90. The zero-order chi connectivity index (χ0) is 15.6. The lowest BCUT2D eigenvalue weighted by molar-refractivity contribution is 0.355. The monoisotopic (exact) mass is 307 g/mol. The maximum atomic E-state index is 11.5. The second-order valence-electron chi connectivity index (χ2n) is 4.59. The fraction of sp³-hybridized carbons (Fsp3) is 0.200. The first-order valence-corrected chi connectivity index (χ1v) is 8.08. The number of nitrogen functional groups attached to an aromatic ring is 1. The molecule has 0 saturated heterocycles. The molecule has 0 saturated carbocycles. The summed E-state index contributed by atoms with van der Waals surface area (Å²) in [6.45, 7) is 0. The van der Waals surface area contributed by atoms with E-state index in [4.69, 9.17) is 15.2 Å². The molecule has 0 radical (unpaired) electrons. The van der Waals surface area contributed by atoms with Crippen molar-refractivity contribution in [1.29, 1.82) is 0 Å². The van der Waals surface area contributed by atoms with E-state index in [1.165, 1.54) is 12.1 Å². The predicted molar refractivity (Wildman–Crippen MR) is 82.5 cm³/mol. The van der Waals surface area contributed by atoms with E-state index >= 15 is 0 Å². The molecule has 2 aromatic carbocycles. The van der Waals surface area contributed by atoms with E-state index in [2.05, 4.69) is 0 Å².